The predicted molar refractivity (Wildman–Crippen MR) is 100 cm³/mol. The van der Waals surface area contributed by atoms with E-state index in [1.165, 1.54) is 27.7 Å². The minimum Gasteiger partial charge on any atom is -0.354 e. The van der Waals surface area contributed by atoms with Crippen LogP contribution in [0.1, 0.15) is 30.9 Å². The fourth-order valence-corrected chi connectivity index (χ4v) is 3.30. The van der Waals surface area contributed by atoms with Crippen LogP contribution >= 0.6 is 11.6 Å². The molecular formula is C20H23ClN2. The van der Waals surface area contributed by atoms with Gasteiger partial charge < -0.3 is 10.7 Å². The molecule has 3 aromatic rings. The summed E-state index contributed by atoms with van der Waals surface area (Å²) in [5, 5.41) is 2.10. The number of nitrogens with two attached hydrogens (primary N) is 1. The highest BCUT2D eigenvalue weighted by atomic mass is 35.5. The summed E-state index contributed by atoms with van der Waals surface area (Å²) in [6.07, 6.45) is 4.24. The van der Waals surface area contributed by atoms with Gasteiger partial charge in [0.2, 0.25) is 0 Å². The van der Waals surface area contributed by atoms with Crippen LogP contribution in [0.5, 0.6) is 0 Å². The van der Waals surface area contributed by atoms with Crippen molar-refractivity contribution in [2.24, 2.45) is 5.73 Å². The molecule has 3 N–H and O–H groups in total. The Balaban J connectivity index is 2.13. The van der Waals surface area contributed by atoms with E-state index in [9.17, 15) is 0 Å². The normalized spacial score (nSPS) is 11.3. The molecule has 1 aromatic heterocycles. The Labute approximate surface area is 142 Å². The molecule has 0 fully saturated rings. The second-order valence-corrected chi connectivity index (χ2v) is 6.40. The van der Waals surface area contributed by atoms with E-state index in [4.69, 9.17) is 17.3 Å². The van der Waals surface area contributed by atoms with Gasteiger partial charge in [-0.1, -0.05) is 36.7 Å². The number of aromatic amines is 1. The first kappa shape index (κ1) is 16.1. The number of halogens is 1. The van der Waals surface area contributed by atoms with Gasteiger partial charge in [-0.3, -0.25) is 0 Å². The third-order valence-corrected chi connectivity index (χ3v) is 4.61. The van der Waals surface area contributed by atoms with E-state index in [1.54, 1.807) is 0 Å². The highest BCUT2D eigenvalue weighted by Gasteiger charge is 2.13. The summed E-state index contributed by atoms with van der Waals surface area (Å²) < 4.78 is 0. The lowest BCUT2D eigenvalue weighted by molar-refractivity contribution is 0.748. The third kappa shape index (κ3) is 3.44. The summed E-state index contributed by atoms with van der Waals surface area (Å²) in [7, 11) is 0. The van der Waals surface area contributed by atoms with Crippen molar-refractivity contribution in [2.45, 2.75) is 32.6 Å². The van der Waals surface area contributed by atoms with E-state index in [-0.39, 0.29) is 0 Å². The number of H-pyrrole nitrogens is 1. The number of unbranched alkanes of at least 4 members (excludes halogenated alkanes) is 1. The van der Waals surface area contributed by atoms with Gasteiger partial charge in [0.05, 0.1) is 0 Å². The summed E-state index contributed by atoms with van der Waals surface area (Å²) in [6.45, 7) is 2.94. The lowest BCUT2D eigenvalue weighted by Gasteiger charge is -2.06. The molecule has 1 heterocycles. The molecule has 0 bridgehead atoms. The van der Waals surface area contributed by atoms with Gasteiger partial charge in [0.15, 0.2) is 0 Å². The van der Waals surface area contributed by atoms with Crippen molar-refractivity contribution in [3.8, 4) is 11.3 Å². The Bertz CT molecular complexity index is 805. The molecule has 0 spiro atoms. The van der Waals surface area contributed by atoms with Gasteiger partial charge in [0.25, 0.3) is 0 Å². The minimum absolute atomic E-state index is 0.745. The van der Waals surface area contributed by atoms with Crippen LogP contribution < -0.4 is 5.73 Å². The van der Waals surface area contributed by atoms with Crippen LogP contribution in [0.2, 0.25) is 5.02 Å². The molecule has 0 saturated carbocycles. The van der Waals surface area contributed by atoms with Gasteiger partial charge in [-0.2, -0.15) is 0 Å². The zero-order valence-corrected chi connectivity index (χ0v) is 14.3. The van der Waals surface area contributed by atoms with Crippen molar-refractivity contribution in [3.63, 3.8) is 0 Å². The van der Waals surface area contributed by atoms with Crippen molar-refractivity contribution in [1.29, 1.82) is 0 Å². The summed E-state index contributed by atoms with van der Waals surface area (Å²) in [5.41, 5.74) is 12.0. The fourth-order valence-electron chi connectivity index (χ4n) is 3.11. The zero-order valence-electron chi connectivity index (χ0n) is 13.5. The molecule has 0 aliphatic heterocycles. The average Bonchev–Trinajstić information content (AvgIpc) is 2.93. The van der Waals surface area contributed by atoms with Gasteiger partial charge >= 0.3 is 0 Å². The van der Waals surface area contributed by atoms with Gasteiger partial charge in [-0.05, 0) is 73.2 Å². The fraction of sp³-hybridized carbons (Fsp3) is 0.300. The number of fused-ring (bicyclic) bond motifs is 1. The maximum atomic E-state index is 6.19. The molecular weight excluding hydrogens is 304 g/mol. The van der Waals surface area contributed by atoms with Crippen LogP contribution in [0.3, 0.4) is 0 Å². The Morgan fingerprint density at radius 2 is 1.96 bits per heavy atom. The van der Waals surface area contributed by atoms with Crippen molar-refractivity contribution in [1.82, 2.24) is 4.98 Å². The summed E-state index contributed by atoms with van der Waals surface area (Å²) in [4.78, 5) is 3.60. The molecule has 0 unspecified atom stereocenters. The molecule has 120 valence electrons. The monoisotopic (exact) mass is 326 g/mol. The maximum absolute atomic E-state index is 6.19. The molecule has 0 saturated heterocycles. The molecule has 2 aromatic carbocycles. The number of aromatic nitrogens is 1. The molecule has 3 heteroatoms. The van der Waals surface area contributed by atoms with Crippen molar-refractivity contribution >= 4 is 22.5 Å². The minimum atomic E-state index is 0.745. The lowest BCUT2D eigenvalue weighted by Crippen LogP contribution is -1.99. The number of hydrogen-bond acceptors (Lipinski definition) is 1. The molecule has 0 atom stereocenters. The Morgan fingerprint density at radius 3 is 2.70 bits per heavy atom. The second kappa shape index (κ2) is 7.20. The smallest absolute Gasteiger partial charge is 0.0497 e. The summed E-state index contributed by atoms with van der Waals surface area (Å²) >= 11 is 6.19. The first-order valence-electron chi connectivity index (χ1n) is 8.32. The van der Waals surface area contributed by atoms with Crippen molar-refractivity contribution < 1.29 is 0 Å². The second-order valence-electron chi connectivity index (χ2n) is 5.97. The zero-order chi connectivity index (χ0) is 16.2. The lowest BCUT2D eigenvalue weighted by atomic mass is 9.99. The molecule has 2 nitrogen and oxygen atoms in total. The number of nitrogens with one attached hydrogen (secondary N) is 1. The quantitative estimate of drug-likeness (QED) is 0.590. The van der Waals surface area contributed by atoms with Crippen LogP contribution in [0.15, 0.2) is 42.5 Å². The van der Waals surface area contributed by atoms with Crippen LogP contribution in [0.4, 0.5) is 0 Å². The highest BCUT2D eigenvalue weighted by molar-refractivity contribution is 6.30. The Hall–Kier alpha value is -1.77. The van der Waals surface area contributed by atoms with Gasteiger partial charge in [0, 0.05) is 21.6 Å². The number of aryl methyl sites for hydroxylation is 2. The summed E-state index contributed by atoms with van der Waals surface area (Å²) in [6, 6.07) is 14.8. The van der Waals surface area contributed by atoms with E-state index < -0.39 is 0 Å². The topological polar surface area (TPSA) is 41.8 Å². The van der Waals surface area contributed by atoms with Gasteiger partial charge in [-0.25, -0.2) is 0 Å². The Morgan fingerprint density at radius 1 is 1.09 bits per heavy atom. The van der Waals surface area contributed by atoms with E-state index in [2.05, 4.69) is 36.2 Å². The van der Waals surface area contributed by atoms with E-state index >= 15 is 0 Å². The van der Waals surface area contributed by atoms with Crippen LogP contribution in [-0.2, 0) is 12.8 Å². The van der Waals surface area contributed by atoms with Gasteiger partial charge in [0.1, 0.15) is 0 Å². The molecule has 23 heavy (non-hydrogen) atoms. The molecule has 0 aliphatic carbocycles. The van der Waals surface area contributed by atoms with Crippen LogP contribution in [0, 0.1) is 0 Å². The standard InChI is InChI=1S/C20H23ClN2/c1-2-14-9-10-19-18(12-14)17(8-3-4-11-22)20(23-19)15-6-5-7-16(21)13-15/h5-7,9-10,12-13,23H,2-4,8,11,22H2,1H3. The largest absolute Gasteiger partial charge is 0.354 e. The number of rotatable bonds is 6. The van der Waals surface area contributed by atoms with Crippen molar-refractivity contribution in [2.75, 3.05) is 6.54 Å². The predicted octanol–water partition coefficient (Wildman–Crippen LogP) is 5.33. The van der Waals surface area contributed by atoms with Crippen LogP contribution in [-0.4, -0.2) is 11.5 Å². The van der Waals surface area contributed by atoms with E-state index in [0.29, 0.717) is 0 Å². The summed E-state index contributed by atoms with van der Waals surface area (Å²) in [5.74, 6) is 0. The van der Waals surface area contributed by atoms with E-state index in [1.807, 2.05) is 18.2 Å². The van der Waals surface area contributed by atoms with Gasteiger partial charge in [-0.15, -0.1) is 0 Å². The Kier molecular flexibility index (Phi) is 5.04. The molecule has 0 radical (unpaired) electrons. The number of hydrogen-bond donors (Lipinski definition) is 2. The molecule has 0 aliphatic rings. The first-order chi connectivity index (χ1) is 11.2. The number of benzene rings is 2. The molecule has 3 rings (SSSR count). The molecule has 0 amide bonds. The third-order valence-electron chi connectivity index (χ3n) is 4.37. The van der Waals surface area contributed by atoms with E-state index in [0.717, 1.165) is 42.8 Å². The van der Waals surface area contributed by atoms with Crippen molar-refractivity contribution in [3.05, 3.63) is 58.6 Å². The highest BCUT2D eigenvalue weighted by Crippen LogP contribution is 2.33. The maximum Gasteiger partial charge on any atom is 0.0497 e. The van der Waals surface area contributed by atoms with Crippen LogP contribution in [0.25, 0.3) is 22.2 Å². The average molecular weight is 327 g/mol. The SMILES string of the molecule is CCc1ccc2[nH]c(-c3cccc(Cl)c3)c(CCCCN)c2c1. The first-order valence-corrected chi connectivity index (χ1v) is 8.70.